The minimum Gasteiger partial charge on any atom is -0.492 e. The van der Waals surface area contributed by atoms with Crippen molar-refractivity contribution in [3.8, 4) is 5.75 Å². The SMILES string of the molecule is Cc1ccc(Br)cc1NC(=O)CCNC(=O)C1COc2ccccc2C1. The maximum Gasteiger partial charge on any atom is 0.226 e. The summed E-state index contributed by atoms with van der Waals surface area (Å²) in [4.78, 5) is 24.4. The normalized spacial score (nSPS) is 15.5. The first-order valence-electron chi connectivity index (χ1n) is 8.57. The number of halogens is 1. The predicted molar refractivity (Wildman–Crippen MR) is 104 cm³/mol. The highest BCUT2D eigenvalue weighted by molar-refractivity contribution is 9.10. The second-order valence-electron chi connectivity index (χ2n) is 6.37. The van der Waals surface area contributed by atoms with Crippen molar-refractivity contribution in [3.05, 3.63) is 58.1 Å². The van der Waals surface area contributed by atoms with Crippen LogP contribution < -0.4 is 15.4 Å². The third-order valence-electron chi connectivity index (χ3n) is 4.37. The van der Waals surface area contributed by atoms with E-state index in [1.54, 1.807) is 0 Å². The summed E-state index contributed by atoms with van der Waals surface area (Å²) in [7, 11) is 0. The highest BCUT2D eigenvalue weighted by Gasteiger charge is 2.25. The van der Waals surface area contributed by atoms with Crippen molar-refractivity contribution in [2.45, 2.75) is 19.8 Å². The Morgan fingerprint density at radius 3 is 2.88 bits per heavy atom. The number of rotatable bonds is 5. The fourth-order valence-corrected chi connectivity index (χ4v) is 3.24. The van der Waals surface area contributed by atoms with Crippen molar-refractivity contribution in [3.63, 3.8) is 0 Å². The molecule has 2 aromatic carbocycles. The molecule has 0 saturated heterocycles. The van der Waals surface area contributed by atoms with Crippen molar-refractivity contribution in [1.82, 2.24) is 5.32 Å². The molecule has 26 heavy (non-hydrogen) atoms. The Morgan fingerprint density at radius 2 is 2.04 bits per heavy atom. The number of hydrogen-bond acceptors (Lipinski definition) is 3. The maximum absolute atomic E-state index is 12.3. The van der Waals surface area contributed by atoms with Gasteiger partial charge in [0, 0.05) is 23.1 Å². The van der Waals surface area contributed by atoms with E-state index < -0.39 is 0 Å². The lowest BCUT2D eigenvalue weighted by molar-refractivity contribution is -0.126. The van der Waals surface area contributed by atoms with Crippen LogP contribution in [0.2, 0.25) is 0 Å². The van der Waals surface area contributed by atoms with E-state index in [4.69, 9.17) is 4.74 Å². The van der Waals surface area contributed by atoms with Gasteiger partial charge in [-0.05, 0) is 42.7 Å². The zero-order valence-electron chi connectivity index (χ0n) is 14.5. The first-order chi connectivity index (χ1) is 12.5. The Morgan fingerprint density at radius 1 is 1.23 bits per heavy atom. The lowest BCUT2D eigenvalue weighted by atomic mass is 9.96. The summed E-state index contributed by atoms with van der Waals surface area (Å²) < 4.78 is 6.55. The average molecular weight is 417 g/mol. The van der Waals surface area contributed by atoms with E-state index in [1.807, 2.05) is 49.4 Å². The molecule has 0 fully saturated rings. The standard InChI is InChI=1S/C20H21BrN2O3/c1-13-6-7-16(21)11-17(13)23-19(24)8-9-22-20(25)15-10-14-4-2-3-5-18(14)26-12-15/h2-7,11,15H,8-10,12H2,1H3,(H,22,25)(H,23,24). The lowest BCUT2D eigenvalue weighted by Crippen LogP contribution is -2.38. The topological polar surface area (TPSA) is 67.4 Å². The molecule has 3 rings (SSSR count). The molecule has 0 aromatic heterocycles. The number of para-hydroxylation sites is 1. The molecule has 2 aromatic rings. The number of fused-ring (bicyclic) bond motifs is 1. The lowest BCUT2D eigenvalue weighted by Gasteiger charge is -2.24. The van der Waals surface area contributed by atoms with Crippen LogP contribution in [-0.2, 0) is 16.0 Å². The number of amides is 2. The number of carbonyl (C=O) groups is 2. The van der Waals surface area contributed by atoms with Gasteiger partial charge in [0.15, 0.2) is 0 Å². The van der Waals surface area contributed by atoms with E-state index in [2.05, 4.69) is 26.6 Å². The quantitative estimate of drug-likeness (QED) is 0.783. The molecular formula is C20H21BrN2O3. The molecule has 1 aliphatic rings. The van der Waals surface area contributed by atoms with Gasteiger partial charge in [0.1, 0.15) is 12.4 Å². The van der Waals surface area contributed by atoms with Crippen LogP contribution in [-0.4, -0.2) is 25.0 Å². The minimum atomic E-state index is -0.222. The van der Waals surface area contributed by atoms with E-state index in [0.29, 0.717) is 19.6 Å². The zero-order valence-corrected chi connectivity index (χ0v) is 16.1. The third kappa shape index (κ3) is 4.64. The maximum atomic E-state index is 12.3. The van der Waals surface area contributed by atoms with Crippen LogP contribution in [0.15, 0.2) is 46.9 Å². The molecule has 1 heterocycles. The Hall–Kier alpha value is -2.34. The number of carbonyl (C=O) groups excluding carboxylic acids is 2. The van der Waals surface area contributed by atoms with Crippen LogP contribution in [0.3, 0.4) is 0 Å². The highest BCUT2D eigenvalue weighted by Crippen LogP contribution is 2.26. The smallest absolute Gasteiger partial charge is 0.226 e. The molecule has 0 saturated carbocycles. The van der Waals surface area contributed by atoms with Crippen molar-refractivity contribution < 1.29 is 14.3 Å². The molecule has 1 unspecified atom stereocenters. The fourth-order valence-electron chi connectivity index (χ4n) is 2.88. The van der Waals surface area contributed by atoms with E-state index in [1.165, 1.54) is 0 Å². The number of ether oxygens (including phenoxy) is 1. The molecule has 0 bridgehead atoms. The number of aryl methyl sites for hydroxylation is 1. The van der Waals surface area contributed by atoms with Gasteiger partial charge >= 0.3 is 0 Å². The fraction of sp³-hybridized carbons (Fsp3) is 0.300. The second kappa shape index (κ2) is 8.36. The molecule has 0 spiro atoms. The largest absolute Gasteiger partial charge is 0.492 e. The van der Waals surface area contributed by atoms with Gasteiger partial charge in [0.05, 0.1) is 5.92 Å². The summed E-state index contributed by atoms with van der Waals surface area (Å²) in [5.41, 5.74) is 2.80. The van der Waals surface area contributed by atoms with E-state index in [-0.39, 0.29) is 24.2 Å². The first kappa shape index (κ1) is 18.5. The van der Waals surface area contributed by atoms with Gasteiger partial charge in [-0.3, -0.25) is 9.59 Å². The summed E-state index contributed by atoms with van der Waals surface area (Å²) in [5, 5.41) is 5.71. The number of hydrogen-bond donors (Lipinski definition) is 2. The molecule has 2 amide bonds. The van der Waals surface area contributed by atoms with Gasteiger partial charge in [-0.15, -0.1) is 0 Å². The minimum absolute atomic E-state index is 0.0778. The summed E-state index contributed by atoms with van der Waals surface area (Å²) in [6.45, 7) is 2.60. The molecule has 0 radical (unpaired) electrons. The third-order valence-corrected chi connectivity index (χ3v) is 4.87. The first-order valence-corrected chi connectivity index (χ1v) is 9.36. The molecule has 1 atom stereocenters. The van der Waals surface area contributed by atoms with Gasteiger partial charge in [0.25, 0.3) is 0 Å². The van der Waals surface area contributed by atoms with E-state index >= 15 is 0 Å². The van der Waals surface area contributed by atoms with Gasteiger partial charge in [-0.25, -0.2) is 0 Å². The van der Waals surface area contributed by atoms with Gasteiger partial charge in [0.2, 0.25) is 11.8 Å². The van der Waals surface area contributed by atoms with Crippen molar-refractivity contribution in [1.29, 1.82) is 0 Å². The summed E-state index contributed by atoms with van der Waals surface area (Å²) in [5.74, 6) is 0.420. The molecule has 5 nitrogen and oxygen atoms in total. The van der Waals surface area contributed by atoms with Crippen LogP contribution in [0.4, 0.5) is 5.69 Å². The Bertz CT molecular complexity index is 822. The molecule has 1 aliphatic heterocycles. The van der Waals surface area contributed by atoms with Crippen LogP contribution in [0.5, 0.6) is 5.75 Å². The molecule has 2 N–H and O–H groups in total. The van der Waals surface area contributed by atoms with E-state index in [9.17, 15) is 9.59 Å². The van der Waals surface area contributed by atoms with E-state index in [0.717, 1.165) is 27.0 Å². The summed E-state index contributed by atoms with van der Waals surface area (Å²) in [6.07, 6.45) is 0.882. The Kier molecular flexibility index (Phi) is 5.93. The Labute approximate surface area is 161 Å². The van der Waals surface area contributed by atoms with Crippen molar-refractivity contribution in [2.24, 2.45) is 5.92 Å². The molecular weight excluding hydrogens is 396 g/mol. The predicted octanol–water partition coefficient (Wildman–Crippen LogP) is 3.45. The number of anilines is 1. The van der Waals surface area contributed by atoms with Gasteiger partial charge in [-0.1, -0.05) is 40.2 Å². The molecule has 0 aliphatic carbocycles. The van der Waals surface area contributed by atoms with Gasteiger partial charge < -0.3 is 15.4 Å². The zero-order chi connectivity index (χ0) is 18.5. The van der Waals surface area contributed by atoms with Gasteiger partial charge in [-0.2, -0.15) is 0 Å². The Balaban J connectivity index is 1.45. The van der Waals surface area contributed by atoms with Crippen molar-refractivity contribution >= 4 is 33.4 Å². The van der Waals surface area contributed by atoms with Crippen LogP contribution in [0, 0.1) is 12.8 Å². The molecule has 136 valence electrons. The van der Waals surface area contributed by atoms with Crippen LogP contribution >= 0.6 is 15.9 Å². The molecule has 6 heteroatoms. The number of benzene rings is 2. The van der Waals surface area contributed by atoms with Crippen molar-refractivity contribution in [2.75, 3.05) is 18.5 Å². The van der Waals surface area contributed by atoms with Crippen LogP contribution in [0.25, 0.3) is 0 Å². The van der Waals surface area contributed by atoms with Crippen LogP contribution in [0.1, 0.15) is 17.5 Å². The average Bonchev–Trinajstić information content (AvgIpc) is 2.64. The monoisotopic (exact) mass is 416 g/mol. The summed E-state index contributed by atoms with van der Waals surface area (Å²) >= 11 is 3.39. The highest BCUT2D eigenvalue weighted by atomic mass is 79.9. The second-order valence-corrected chi connectivity index (χ2v) is 7.28. The number of nitrogens with one attached hydrogen (secondary N) is 2. The summed E-state index contributed by atoms with van der Waals surface area (Å²) in [6, 6.07) is 13.5.